The number of hydrogen-bond acceptors (Lipinski definition) is 6. The van der Waals surface area contributed by atoms with E-state index < -0.39 is 28.4 Å². The Morgan fingerprint density at radius 3 is 2.03 bits per heavy atom. The molecule has 2 rings (SSSR count). The lowest BCUT2D eigenvalue weighted by Crippen LogP contribution is -2.46. The average molecular weight is 450 g/mol. The Labute approximate surface area is 182 Å². The molecule has 10 heteroatoms. The summed E-state index contributed by atoms with van der Waals surface area (Å²) in [6, 6.07) is 11.6. The van der Waals surface area contributed by atoms with Crippen LogP contribution in [-0.2, 0) is 26.0 Å². The first-order valence-corrected chi connectivity index (χ1v) is 10.9. The van der Waals surface area contributed by atoms with Gasteiger partial charge in [-0.3, -0.25) is 20.4 Å². The summed E-state index contributed by atoms with van der Waals surface area (Å²) >= 11 is 0. The third-order valence-corrected chi connectivity index (χ3v) is 6.31. The van der Waals surface area contributed by atoms with E-state index in [9.17, 15) is 18.0 Å². The molecule has 0 spiro atoms. The quantitative estimate of drug-likeness (QED) is 0.560. The molecular formula is C21H27N3O6S. The second-order valence-electron chi connectivity index (χ2n) is 6.89. The normalized spacial score (nSPS) is 11.1. The minimum Gasteiger partial charge on any atom is -0.497 e. The Balaban J connectivity index is 1.84. The zero-order valence-corrected chi connectivity index (χ0v) is 18.8. The van der Waals surface area contributed by atoms with E-state index in [2.05, 4.69) is 10.9 Å². The maximum Gasteiger partial charge on any atom is 0.253 e. The van der Waals surface area contributed by atoms with Crippen LogP contribution in [0.25, 0.3) is 0 Å². The standard InChI is InChI=1S/C21H27N3O6S/c1-15-5-8-19(9-6-15)31(27,28)24(2)14-21(26)23-22-20(25)10-7-16-11-17(29-3)13-18(12-16)30-4/h5-6,8-9,11-13H,7,10,14H2,1-4H3,(H,22,25)(H,23,26). The number of aryl methyl sites for hydroxylation is 2. The Bertz CT molecular complexity index is 1000. The Morgan fingerprint density at radius 2 is 1.48 bits per heavy atom. The maximum absolute atomic E-state index is 12.5. The fourth-order valence-electron chi connectivity index (χ4n) is 2.69. The molecule has 9 nitrogen and oxygen atoms in total. The summed E-state index contributed by atoms with van der Waals surface area (Å²) in [7, 11) is 0.563. The number of nitrogens with one attached hydrogen (secondary N) is 2. The van der Waals surface area contributed by atoms with E-state index in [0.29, 0.717) is 17.9 Å². The number of sulfonamides is 1. The minimum atomic E-state index is -3.81. The molecular weight excluding hydrogens is 422 g/mol. The van der Waals surface area contributed by atoms with Crippen LogP contribution in [0.5, 0.6) is 11.5 Å². The molecule has 0 aliphatic rings. The summed E-state index contributed by atoms with van der Waals surface area (Å²) in [4.78, 5) is 24.2. The molecule has 0 saturated carbocycles. The Kier molecular flexibility index (Phi) is 8.40. The van der Waals surface area contributed by atoms with Crippen LogP contribution < -0.4 is 20.3 Å². The van der Waals surface area contributed by atoms with Crippen molar-refractivity contribution in [3.63, 3.8) is 0 Å². The van der Waals surface area contributed by atoms with Crippen LogP contribution in [0.2, 0.25) is 0 Å². The number of hydrazine groups is 1. The molecule has 0 saturated heterocycles. The van der Waals surface area contributed by atoms with Crippen molar-refractivity contribution in [2.24, 2.45) is 0 Å². The van der Waals surface area contributed by atoms with Gasteiger partial charge in [-0.25, -0.2) is 8.42 Å². The second kappa shape index (κ2) is 10.8. The van der Waals surface area contributed by atoms with Crippen molar-refractivity contribution in [2.75, 3.05) is 27.8 Å². The number of carbonyl (C=O) groups excluding carboxylic acids is 2. The first-order valence-electron chi connectivity index (χ1n) is 9.48. The highest BCUT2D eigenvalue weighted by molar-refractivity contribution is 7.89. The topological polar surface area (TPSA) is 114 Å². The van der Waals surface area contributed by atoms with Crippen molar-refractivity contribution in [1.29, 1.82) is 0 Å². The molecule has 0 radical (unpaired) electrons. The van der Waals surface area contributed by atoms with Gasteiger partial charge < -0.3 is 9.47 Å². The number of methoxy groups -OCH3 is 2. The molecule has 168 valence electrons. The summed E-state index contributed by atoms with van der Waals surface area (Å²) in [5.74, 6) is 0.149. The fraction of sp³-hybridized carbons (Fsp3) is 0.333. The van der Waals surface area contributed by atoms with Crippen molar-refractivity contribution in [1.82, 2.24) is 15.2 Å². The molecule has 0 aliphatic carbocycles. The Morgan fingerprint density at radius 1 is 0.935 bits per heavy atom. The van der Waals surface area contributed by atoms with E-state index in [0.717, 1.165) is 15.4 Å². The molecule has 2 aromatic carbocycles. The summed E-state index contributed by atoms with van der Waals surface area (Å²) in [6.45, 7) is 1.41. The number of amides is 2. The molecule has 0 fully saturated rings. The van der Waals surface area contributed by atoms with Gasteiger partial charge >= 0.3 is 0 Å². The molecule has 2 aromatic rings. The van der Waals surface area contributed by atoms with E-state index in [4.69, 9.17) is 9.47 Å². The van der Waals surface area contributed by atoms with Crippen molar-refractivity contribution in [2.45, 2.75) is 24.7 Å². The number of benzene rings is 2. The summed E-state index contributed by atoms with van der Waals surface area (Å²) in [5.41, 5.74) is 6.29. The monoisotopic (exact) mass is 449 g/mol. The number of hydrogen-bond donors (Lipinski definition) is 2. The number of ether oxygens (including phenoxy) is 2. The largest absolute Gasteiger partial charge is 0.497 e. The van der Waals surface area contributed by atoms with Crippen LogP contribution >= 0.6 is 0 Å². The van der Waals surface area contributed by atoms with Crippen molar-refractivity contribution >= 4 is 21.8 Å². The van der Waals surface area contributed by atoms with Gasteiger partial charge in [0.05, 0.1) is 25.7 Å². The molecule has 2 N–H and O–H groups in total. The van der Waals surface area contributed by atoms with Gasteiger partial charge in [0.1, 0.15) is 11.5 Å². The number of carbonyl (C=O) groups is 2. The molecule has 31 heavy (non-hydrogen) atoms. The highest BCUT2D eigenvalue weighted by Gasteiger charge is 2.23. The third-order valence-electron chi connectivity index (χ3n) is 4.49. The van der Waals surface area contributed by atoms with Crippen LogP contribution in [0.3, 0.4) is 0 Å². The van der Waals surface area contributed by atoms with Gasteiger partial charge in [-0.1, -0.05) is 17.7 Å². The lowest BCUT2D eigenvalue weighted by molar-refractivity contribution is -0.128. The predicted molar refractivity (Wildman–Crippen MR) is 115 cm³/mol. The van der Waals surface area contributed by atoms with Gasteiger partial charge in [-0.15, -0.1) is 0 Å². The van der Waals surface area contributed by atoms with Crippen molar-refractivity contribution in [3.8, 4) is 11.5 Å². The highest BCUT2D eigenvalue weighted by Crippen LogP contribution is 2.23. The van der Waals surface area contributed by atoms with E-state index in [-0.39, 0.29) is 11.3 Å². The number of rotatable bonds is 9. The lowest BCUT2D eigenvalue weighted by atomic mass is 10.1. The van der Waals surface area contributed by atoms with Gasteiger partial charge in [0.25, 0.3) is 5.91 Å². The van der Waals surface area contributed by atoms with Crippen LogP contribution in [0, 0.1) is 6.92 Å². The zero-order valence-electron chi connectivity index (χ0n) is 18.0. The van der Waals surface area contributed by atoms with Gasteiger partial charge in [0.15, 0.2) is 0 Å². The Hall–Kier alpha value is -3.11. The van der Waals surface area contributed by atoms with E-state index in [1.54, 1.807) is 30.3 Å². The number of likely N-dealkylation sites (N-methyl/N-ethyl adjacent to an activating group) is 1. The highest BCUT2D eigenvalue weighted by atomic mass is 32.2. The summed E-state index contributed by atoms with van der Waals surface area (Å²) < 4.78 is 36.3. The van der Waals surface area contributed by atoms with Crippen molar-refractivity contribution < 1.29 is 27.5 Å². The van der Waals surface area contributed by atoms with Crippen molar-refractivity contribution in [3.05, 3.63) is 53.6 Å². The van der Waals surface area contributed by atoms with Gasteiger partial charge in [0, 0.05) is 19.5 Å². The average Bonchev–Trinajstić information content (AvgIpc) is 2.76. The smallest absolute Gasteiger partial charge is 0.253 e. The molecule has 0 heterocycles. The number of nitrogens with zero attached hydrogens (tertiary/aromatic N) is 1. The molecule has 0 unspecified atom stereocenters. The maximum atomic E-state index is 12.5. The van der Waals surface area contributed by atoms with E-state index in [1.807, 2.05) is 6.92 Å². The molecule has 0 aliphatic heterocycles. The van der Waals surface area contributed by atoms with Crippen LogP contribution in [0.1, 0.15) is 17.5 Å². The van der Waals surface area contributed by atoms with E-state index >= 15 is 0 Å². The van der Waals surface area contributed by atoms with Gasteiger partial charge in [-0.2, -0.15) is 4.31 Å². The summed E-state index contributed by atoms with van der Waals surface area (Å²) in [5, 5.41) is 0. The fourth-order valence-corrected chi connectivity index (χ4v) is 3.81. The molecule has 2 amide bonds. The van der Waals surface area contributed by atoms with Crippen LogP contribution in [0.15, 0.2) is 47.4 Å². The molecule has 0 aromatic heterocycles. The molecule has 0 atom stereocenters. The van der Waals surface area contributed by atoms with Crippen LogP contribution in [0.4, 0.5) is 0 Å². The minimum absolute atomic E-state index is 0.0890. The van der Waals surface area contributed by atoms with E-state index in [1.165, 1.54) is 33.4 Å². The lowest BCUT2D eigenvalue weighted by Gasteiger charge is -2.17. The predicted octanol–water partition coefficient (Wildman–Crippen LogP) is 1.41. The second-order valence-corrected chi connectivity index (χ2v) is 8.94. The first-order chi connectivity index (χ1) is 14.6. The molecule has 0 bridgehead atoms. The van der Waals surface area contributed by atoms with Gasteiger partial charge in [0.2, 0.25) is 15.9 Å². The third kappa shape index (κ3) is 6.97. The van der Waals surface area contributed by atoms with Gasteiger partial charge in [-0.05, 0) is 43.2 Å². The zero-order chi connectivity index (χ0) is 23.0. The first kappa shape index (κ1) is 24.2. The SMILES string of the molecule is COc1cc(CCC(=O)NNC(=O)CN(C)S(=O)(=O)c2ccc(C)cc2)cc(OC)c1. The van der Waals surface area contributed by atoms with Crippen LogP contribution in [-0.4, -0.2) is 52.3 Å². The summed E-state index contributed by atoms with van der Waals surface area (Å²) in [6.07, 6.45) is 0.505.